The molecule has 0 spiro atoms. The van der Waals surface area contributed by atoms with Crippen LogP contribution >= 0.6 is 0 Å². The van der Waals surface area contributed by atoms with Gasteiger partial charge in [0.1, 0.15) is 11.8 Å². The highest BCUT2D eigenvalue weighted by atomic mass is 16.5. The zero-order valence-electron chi connectivity index (χ0n) is 18.9. The van der Waals surface area contributed by atoms with Crippen molar-refractivity contribution in [3.63, 3.8) is 0 Å². The number of nitrogens with one attached hydrogen (secondary N) is 1. The lowest BCUT2D eigenvalue weighted by Gasteiger charge is -2.31. The summed E-state index contributed by atoms with van der Waals surface area (Å²) in [7, 11) is 1.60. The van der Waals surface area contributed by atoms with Crippen LogP contribution in [0.2, 0.25) is 0 Å². The van der Waals surface area contributed by atoms with Gasteiger partial charge in [-0.05, 0) is 36.6 Å². The third-order valence-corrected chi connectivity index (χ3v) is 5.40. The molecule has 32 heavy (non-hydrogen) atoms. The third-order valence-electron chi connectivity index (χ3n) is 5.40. The molecule has 1 N–H and O–H groups in total. The minimum Gasteiger partial charge on any atom is -0.484 e. The van der Waals surface area contributed by atoms with E-state index in [-0.39, 0.29) is 18.4 Å². The summed E-state index contributed by atoms with van der Waals surface area (Å²) in [6, 6.07) is 24.6. The van der Waals surface area contributed by atoms with E-state index in [0.717, 1.165) is 22.3 Å². The standard InChI is InChI=1S/C27H30N2O3/c1-20-10-9-14-23(16-20)18-29(26(30)19-32-25-15-8-7-11-21(25)2)24(27(31)28-3)17-22-12-5-4-6-13-22/h4-16,24H,17-19H2,1-3H3,(H,28,31). The SMILES string of the molecule is CNC(=O)C(Cc1ccccc1)N(Cc1cccc(C)c1)C(=O)COc1ccccc1C. The minimum absolute atomic E-state index is 0.140. The van der Waals surface area contributed by atoms with Crippen molar-refractivity contribution >= 4 is 11.8 Å². The minimum atomic E-state index is -0.657. The smallest absolute Gasteiger partial charge is 0.261 e. The topological polar surface area (TPSA) is 58.6 Å². The van der Waals surface area contributed by atoms with Gasteiger partial charge in [0.2, 0.25) is 5.91 Å². The Bertz CT molecular complexity index is 1050. The molecule has 0 aromatic heterocycles. The molecule has 0 radical (unpaired) electrons. The van der Waals surface area contributed by atoms with Crippen LogP contribution in [0, 0.1) is 13.8 Å². The van der Waals surface area contributed by atoms with Gasteiger partial charge in [0, 0.05) is 20.0 Å². The van der Waals surface area contributed by atoms with Crippen LogP contribution in [0.15, 0.2) is 78.9 Å². The molecule has 0 fully saturated rings. The van der Waals surface area contributed by atoms with Crippen molar-refractivity contribution in [3.05, 3.63) is 101 Å². The first-order valence-electron chi connectivity index (χ1n) is 10.8. The van der Waals surface area contributed by atoms with Crippen LogP contribution in [-0.2, 0) is 22.6 Å². The number of carbonyl (C=O) groups is 2. The number of para-hydroxylation sites is 1. The summed E-state index contributed by atoms with van der Waals surface area (Å²) in [6.45, 7) is 4.13. The second-order valence-electron chi connectivity index (χ2n) is 7.88. The van der Waals surface area contributed by atoms with Crippen molar-refractivity contribution in [3.8, 4) is 5.75 Å². The first-order valence-corrected chi connectivity index (χ1v) is 10.8. The molecule has 0 bridgehead atoms. The maximum Gasteiger partial charge on any atom is 0.261 e. The predicted octanol–water partition coefficient (Wildman–Crippen LogP) is 4.07. The second kappa shape index (κ2) is 11.1. The van der Waals surface area contributed by atoms with E-state index >= 15 is 0 Å². The van der Waals surface area contributed by atoms with E-state index in [1.165, 1.54) is 0 Å². The maximum absolute atomic E-state index is 13.4. The first-order chi connectivity index (χ1) is 15.5. The van der Waals surface area contributed by atoms with Gasteiger partial charge in [-0.2, -0.15) is 0 Å². The average molecular weight is 431 g/mol. The average Bonchev–Trinajstić information content (AvgIpc) is 2.81. The second-order valence-corrected chi connectivity index (χ2v) is 7.88. The van der Waals surface area contributed by atoms with Crippen LogP contribution in [0.1, 0.15) is 22.3 Å². The zero-order valence-corrected chi connectivity index (χ0v) is 18.9. The summed E-state index contributed by atoms with van der Waals surface area (Å²) in [5.41, 5.74) is 4.02. The normalized spacial score (nSPS) is 11.5. The van der Waals surface area contributed by atoms with Gasteiger partial charge < -0.3 is 15.0 Å². The molecule has 0 aliphatic heterocycles. The number of aryl methyl sites for hydroxylation is 2. The molecule has 0 saturated heterocycles. The summed E-state index contributed by atoms with van der Waals surface area (Å²) in [5.74, 6) is 0.223. The van der Waals surface area contributed by atoms with Crippen LogP contribution in [0.3, 0.4) is 0 Å². The Morgan fingerprint density at radius 3 is 2.28 bits per heavy atom. The highest BCUT2D eigenvalue weighted by molar-refractivity contribution is 5.88. The molecule has 2 amide bonds. The number of hydrogen-bond acceptors (Lipinski definition) is 3. The van der Waals surface area contributed by atoms with Crippen molar-refractivity contribution in [2.75, 3.05) is 13.7 Å². The molecule has 5 nitrogen and oxygen atoms in total. The van der Waals surface area contributed by atoms with Crippen LogP contribution < -0.4 is 10.1 Å². The van der Waals surface area contributed by atoms with Gasteiger partial charge in [-0.3, -0.25) is 9.59 Å². The number of amides is 2. The molecule has 1 unspecified atom stereocenters. The lowest BCUT2D eigenvalue weighted by Crippen LogP contribution is -2.51. The van der Waals surface area contributed by atoms with E-state index in [1.54, 1.807) is 11.9 Å². The van der Waals surface area contributed by atoms with Crippen molar-refractivity contribution in [1.82, 2.24) is 10.2 Å². The van der Waals surface area contributed by atoms with E-state index < -0.39 is 6.04 Å². The Hall–Kier alpha value is -3.60. The lowest BCUT2D eigenvalue weighted by atomic mass is 10.0. The monoisotopic (exact) mass is 430 g/mol. The molecule has 1 atom stereocenters. The van der Waals surface area contributed by atoms with Crippen molar-refractivity contribution in [2.24, 2.45) is 0 Å². The number of benzene rings is 3. The Kier molecular flexibility index (Phi) is 8.03. The maximum atomic E-state index is 13.4. The van der Waals surface area contributed by atoms with Gasteiger partial charge in [0.15, 0.2) is 6.61 Å². The Labute approximate surface area is 190 Å². The largest absolute Gasteiger partial charge is 0.484 e. The third kappa shape index (κ3) is 6.20. The number of likely N-dealkylation sites (N-methyl/N-ethyl adjacent to an activating group) is 1. The van der Waals surface area contributed by atoms with Crippen LogP contribution in [-0.4, -0.2) is 36.4 Å². The van der Waals surface area contributed by atoms with Crippen molar-refractivity contribution in [2.45, 2.75) is 32.9 Å². The van der Waals surface area contributed by atoms with Crippen molar-refractivity contribution < 1.29 is 14.3 Å². The molecule has 3 rings (SSSR count). The zero-order chi connectivity index (χ0) is 22.9. The molecule has 0 saturated carbocycles. The number of rotatable bonds is 9. The number of nitrogens with zero attached hydrogens (tertiary/aromatic N) is 1. The molecular weight excluding hydrogens is 400 g/mol. The van der Waals surface area contributed by atoms with Crippen LogP contribution in [0.5, 0.6) is 5.75 Å². The van der Waals surface area contributed by atoms with Gasteiger partial charge in [-0.25, -0.2) is 0 Å². The van der Waals surface area contributed by atoms with Gasteiger partial charge >= 0.3 is 0 Å². The summed E-state index contributed by atoms with van der Waals surface area (Å²) in [5, 5.41) is 2.73. The van der Waals surface area contributed by atoms with E-state index in [2.05, 4.69) is 5.32 Å². The van der Waals surface area contributed by atoms with Gasteiger partial charge in [-0.15, -0.1) is 0 Å². The van der Waals surface area contributed by atoms with Crippen LogP contribution in [0.4, 0.5) is 0 Å². The predicted molar refractivity (Wildman–Crippen MR) is 126 cm³/mol. The molecule has 5 heteroatoms. The Morgan fingerprint density at radius 2 is 1.59 bits per heavy atom. The highest BCUT2D eigenvalue weighted by Crippen LogP contribution is 2.19. The lowest BCUT2D eigenvalue weighted by molar-refractivity contribution is -0.142. The molecule has 0 heterocycles. The van der Waals surface area contributed by atoms with Crippen LogP contribution in [0.25, 0.3) is 0 Å². The summed E-state index contributed by atoms with van der Waals surface area (Å²) < 4.78 is 5.83. The summed E-state index contributed by atoms with van der Waals surface area (Å²) >= 11 is 0. The Morgan fingerprint density at radius 1 is 0.906 bits per heavy atom. The first kappa shape index (κ1) is 23.1. The van der Waals surface area contributed by atoms with Gasteiger partial charge in [0.25, 0.3) is 5.91 Å². The fraction of sp³-hybridized carbons (Fsp3) is 0.259. The number of carbonyl (C=O) groups excluding carboxylic acids is 2. The van der Waals surface area contributed by atoms with E-state index in [9.17, 15) is 9.59 Å². The fourth-order valence-corrected chi connectivity index (χ4v) is 3.67. The molecule has 3 aromatic carbocycles. The van der Waals surface area contributed by atoms with E-state index in [4.69, 9.17) is 4.74 Å². The van der Waals surface area contributed by atoms with Gasteiger partial charge in [0.05, 0.1) is 0 Å². The molecular formula is C27H30N2O3. The number of hydrogen-bond donors (Lipinski definition) is 1. The summed E-state index contributed by atoms with van der Waals surface area (Å²) in [4.78, 5) is 27.9. The van der Waals surface area contributed by atoms with E-state index in [1.807, 2.05) is 92.7 Å². The quantitative estimate of drug-likeness (QED) is 0.557. The Balaban J connectivity index is 1.88. The van der Waals surface area contributed by atoms with Gasteiger partial charge in [-0.1, -0.05) is 78.4 Å². The molecule has 0 aliphatic carbocycles. The molecule has 3 aromatic rings. The molecule has 0 aliphatic rings. The highest BCUT2D eigenvalue weighted by Gasteiger charge is 2.30. The summed E-state index contributed by atoms with van der Waals surface area (Å²) in [6.07, 6.45) is 0.419. The number of ether oxygens (including phenoxy) is 1. The van der Waals surface area contributed by atoms with Crippen molar-refractivity contribution in [1.29, 1.82) is 0 Å². The molecule has 166 valence electrons. The fourth-order valence-electron chi connectivity index (χ4n) is 3.67. The van der Waals surface area contributed by atoms with E-state index in [0.29, 0.717) is 18.7 Å².